The molecule has 1 fully saturated rings. The van der Waals surface area contributed by atoms with Gasteiger partial charge >= 0.3 is 0 Å². The Balaban J connectivity index is 2.19. The van der Waals surface area contributed by atoms with Crippen molar-refractivity contribution in [3.05, 3.63) is 17.0 Å². The third-order valence-corrected chi connectivity index (χ3v) is 3.43. The van der Waals surface area contributed by atoms with Crippen LogP contribution in [0.2, 0.25) is 0 Å². The zero-order valence-corrected chi connectivity index (χ0v) is 10.3. The van der Waals surface area contributed by atoms with Crippen molar-refractivity contribution in [1.29, 1.82) is 5.26 Å². The molecule has 1 aromatic heterocycles. The number of ether oxygens (including phenoxy) is 1. The molecule has 0 atom stereocenters. The highest BCUT2D eigenvalue weighted by Gasteiger charge is 2.22. The van der Waals surface area contributed by atoms with Gasteiger partial charge in [-0.05, 0) is 31.2 Å². The van der Waals surface area contributed by atoms with Crippen LogP contribution in [0.15, 0.2) is 0 Å². The second kappa shape index (κ2) is 5.83. The Labute approximate surface area is 102 Å². The molecule has 1 aliphatic rings. The molecule has 4 heteroatoms. The maximum atomic E-state index is 8.73. The Morgan fingerprint density at radius 3 is 2.88 bits per heavy atom. The van der Waals surface area contributed by atoms with E-state index in [4.69, 9.17) is 10.00 Å². The molecule has 4 nitrogen and oxygen atoms in total. The summed E-state index contributed by atoms with van der Waals surface area (Å²) in [5.74, 6) is 0.508. The molecule has 0 amide bonds. The Kier molecular flexibility index (Phi) is 4.16. The first-order valence-electron chi connectivity index (χ1n) is 6.37. The van der Waals surface area contributed by atoms with E-state index < -0.39 is 0 Å². The van der Waals surface area contributed by atoms with Crippen LogP contribution in [0.1, 0.15) is 49.1 Å². The second-order valence-corrected chi connectivity index (χ2v) is 4.46. The summed E-state index contributed by atoms with van der Waals surface area (Å²) in [6.45, 7) is 3.78. The van der Waals surface area contributed by atoms with Gasteiger partial charge in [-0.2, -0.15) is 10.4 Å². The van der Waals surface area contributed by atoms with Crippen molar-refractivity contribution in [2.24, 2.45) is 0 Å². The number of rotatable bonds is 4. The van der Waals surface area contributed by atoms with Gasteiger partial charge in [0.15, 0.2) is 0 Å². The third kappa shape index (κ3) is 2.67. The lowest BCUT2D eigenvalue weighted by Gasteiger charge is -2.21. The molecule has 2 heterocycles. The molecule has 0 radical (unpaired) electrons. The topological polar surface area (TPSA) is 61.7 Å². The van der Waals surface area contributed by atoms with E-state index >= 15 is 0 Å². The van der Waals surface area contributed by atoms with Crippen molar-refractivity contribution in [2.45, 2.75) is 44.9 Å². The first-order chi connectivity index (χ1) is 8.36. The Hall–Kier alpha value is -1.34. The average Bonchev–Trinajstić information content (AvgIpc) is 2.80. The number of hydrogen-bond donors (Lipinski definition) is 1. The lowest BCUT2D eigenvalue weighted by Crippen LogP contribution is -2.15. The third-order valence-electron chi connectivity index (χ3n) is 3.43. The molecule has 0 aromatic carbocycles. The fourth-order valence-electron chi connectivity index (χ4n) is 2.48. The van der Waals surface area contributed by atoms with Gasteiger partial charge in [-0.3, -0.25) is 5.10 Å². The zero-order valence-electron chi connectivity index (χ0n) is 10.3. The van der Waals surface area contributed by atoms with Crippen LogP contribution in [0.5, 0.6) is 0 Å². The molecule has 0 aliphatic carbocycles. The highest BCUT2D eigenvalue weighted by atomic mass is 16.5. The fourth-order valence-corrected chi connectivity index (χ4v) is 2.48. The maximum Gasteiger partial charge on any atom is 0.0689 e. The molecular formula is C13H19N3O. The summed E-state index contributed by atoms with van der Waals surface area (Å²) in [6.07, 6.45) is 4.45. The second-order valence-electron chi connectivity index (χ2n) is 4.46. The molecule has 0 unspecified atom stereocenters. The summed E-state index contributed by atoms with van der Waals surface area (Å²) in [7, 11) is 0. The van der Waals surface area contributed by atoms with Gasteiger partial charge < -0.3 is 4.74 Å². The van der Waals surface area contributed by atoms with E-state index in [0.29, 0.717) is 12.3 Å². The van der Waals surface area contributed by atoms with Crippen molar-refractivity contribution in [2.75, 3.05) is 13.2 Å². The van der Waals surface area contributed by atoms with E-state index in [-0.39, 0.29) is 0 Å². The number of nitrogens with zero attached hydrogens (tertiary/aromatic N) is 2. The standard InChI is InChI=1S/C13H19N3O/c1-2-12-11(4-3-7-14)13(16-15-12)10-5-8-17-9-6-10/h10H,2-6,8-9H2,1H3,(H,15,16). The SMILES string of the molecule is CCc1[nH]nc(C2CCOCC2)c1CCC#N. The summed E-state index contributed by atoms with van der Waals surface area (Å²) in [6, 6.07) is 2.22. The Morgan fingerprint density at radius 2 is 2.24 bits per heavy atom. The summed E-state index contributed by atoms with van der Waals surface area (Å²) < 4.78 is 5.39. The molecule has 17 heavy (non-hydrogen) atoms. The summed E-state index contributed by atoms with van der Waals surface area (Å²) in [5, 5.41) is 16.3. The normalized spacial score (nSPS) is 16.9. The van der Waals surface area contributed by atoms with Crippen molar-refractivity contribution in [1.82, 2.24) is 10.2 Å². The van der Waals surface area contributed by atoms with Gasteiger partial charge in [-0.15, -0.1) is 0 Å². The number of nitriles is 1. The van der Waals surface area contributed by atoms with Gasteiger partial charge in [0.1, 0.15) is 0 Å². The molecule has 1 aliphatic heterocycles. The van der Waals surface area contributed by atoms with E-state index in [0.717, 1.165) is 38.9 Å². The summed E-state index contributed by atoms with van der Waals surface area (Å²) in [5.41, 5.74) is 3.66. The van der Waals surface area contributed by atoms with Crippen LogP contribution in [-0.2, 0) is 17.6 Å². The Bertz CT molecular complexity index is 399. The number of aromatic amines is 1. The van der Waals surface area contributed by atoms with Crippen molar-refractivity contribution in [3.8, 4) is 6.07 Å². The van der Waals surface area contributed by atoms with Gasteiger partial charge in [0, 0.05) is 31.2 Å². The number of aromatic nitrogens is 2. The number of aryl methyl sites for hydroxylation is 1. The molecule has 1 N–H and O–H groups in total. The largest absolute Gasteiger partial charge is 0.381 e. The minimum absolute atomic E-state index is 0.508. The molecule has 0 saturated carbocycles. The van der Waals surface area contributed by atoms with Gasteiger partial charge in [-0.25, -0.2) is 0 Å². The van der Waals surface area contributed by atoms with Crippen LogP contribution < -0.4 is 0 Å². The van der Waals surface area contributed by atoms with E-state index in [1.165, 1.54) is 17.0 Å². The predicted octanol–water partition coefficient (Wildman–Crippen LogP) is 2.32. The van der Waals surface area contributed by atoms with Crippen molar-refractivity contribution in [3.63, 3.8) is 0 Å². The smallest absolute Gasteiger partial charge is 0.0689 e. The number of H-pyrrole nitrogens is 1. The van der Waals surface area contributed by atoms with Crippen LogP contribution in [0.4, 0.5) is 0 Å². The van der Waals surface area contributed by atoms with Crippen LogP contribution >= 0.6 is 0 Å². The van der Waals surface area contributed by atoms with E-state index in [1.54, 1.807) is 0 Å². The molecule has 1 saturated heterocycles. The molecular weight excluding hydrogens is 214 g/mol. The minimum Gasteiger partial charge on any atom is -0.381 e. The monoisotopic (exact) mass is 233 g/mol. The average molecular weight is 233 g/mol. The molecule has 0 spiro atoms. The molecule has 2 rings (SSSR count). The highest BCUT2D eigenvalue weighted by Crippen LogP contribution is 2.30. The molecule has 0 bridgehead atoms. The predicted molar refractivity (Wildman–Crippen MR) is 64.7 cm³/mol. The van der Waals surface area contributed by atoms with Gasteiger partial charge in [0.25, 0.3) is 0 Å². The van der Waals surface area contributed by atoms with Gasteiger partial charge in [0.05, 0.1) is 11.8 Å². The van der Waals surface area contributed by atoms with Crippen LogP contribution in [0.3, 0.4) is 0 Å². The van der Waals surface area contributed by atoms with Crippen LogP contribution in [0.25, 0.3) is 0 Å². The Morgan fingerprint density at radius 1 is 1.47 bits per heavy atom. The van der Waals surface area contributed by atoms with E-state index in [2.05, 4.69) is 23.2 Å². The zero-order chi connectivity index (χ0) is 12.1. The summed E-state index contributed by atoms with van der Waals surface area (Å²) >= 11 is 0. The maximum absolute atomic E-state index is 8.73. The van der Waals surface area contributed by atoms with Gasteiger partial charge in [0.2, 0.25) is 0 Å². The van der Waals surface area contributed by atoms with Crippen LogP contribution in [-0.4, -0.2) is 23.4 Å². The quantitative estimate of drug-likeness (QED) is 0.868. The fraction of sp³-hybridized carbons (Fsp3) is 0.692. The van der Waals surface area contributed by atoms with E-state index in [1.807, 2.05) is 0 Å². The first-order valence-corrected chi connectivity index (χ1v) is 6.37. The highest BCUT2D eigenvalue weighted by molar-refractivity contribution is 5.29. The lowest BCUT2D eigenvalue weighted by atomic mass is 9.91. The van der Waals surface area contributed by atoms with Gasteiger partial charge in [-0.1, -0.05) is 6.92 Å². The first kappa shape index (κ1) is 12.1. The minimum atomic E-state index is 0.508. The molecule has 1 aromatic rings. The molecule has 92 valence electrons. The number of hydrogen-bond acceptors (Lipinski definition) is 3. The van der Waals surface area contributed by atoms with Crippen LogP contribution in [0, 0.1) is 11.3 Å². The lowest BCUT2D eigenvalue weighted by molar-refractivity contribution is 0.0843. The van der Waals surface area contributed by atoms with E-state index in [9.17, 15) is 0 Å². The summed E-state index contributed by atoms with van der Waals surface area (Å²) in [4.78, 5) is 0. The van der Waals surface area contributed by atoms with Crippen molar-refractivity contribution >= 4 is 0 Å². The van der Waals surface area contributed by atoms with Crippen molar-refractivity contribution < 1.29 is 4.74 Å². The number of nitrogens with one attached hydrogen (secondary N) is 1.